The molecular formula is C11H16F3NO. The Morgan fingerprint density at radius 1 is 1.19 bits per heavy atom. The van der Waals surface area contributed by atoms with Crippen LogP contribution in [0.2, 0.25) is 0 Å². The zero-order valence-electron chi connectivity index (χ0n) is 9.09. The van der Waals surface area contributed by atoms with Gasteiger partial charge in [0.1, 0.15) is 5.78 Å². The first-order chi connectivity index (χ1) is 7.47. The van der Waals surface area contributed by atoms with Crippen molar-refractivity contribution in [1.82, 2.24) is 4.90 Å². The number of hydrogen-bond donors (Lipinski definition) is 0. The summed E-state index contributed by atoms with van der Waals surface area (Å²) < 4.78 is 37.3. The highest BCUT2D eigenvalue weighted by Gasteiger charge is 2.43. The van der Waals surface area contributed by atoms with E-state index in [1.165, 1.54) is 4.90 Å². The topological polar surface area (TPSA) is 20.3 Å². The monoisotopic (exact) mass is 235 g/mol. The van der Waals surface area contributed by atoms with Crippen molar-refractivity contribution < 1.29 is 18.0 Å². The molecule has 2 aliphatic rings. The predicted molar refractivity (Wildman–Crippen MR) is 53.0 cm³/mol. The molecule has 0 aliphatic heterocycles. The first kappa shape index (κ1) is 11.9. The summed E-state index contributed by atoms with van der Waals surface area (Å²) in [6, 6.07) is -0.475. The highest BCUT2D eigenvalue weighted by molar-refractivity contribution is 5.84. The number of hydrogen-bond acceptors (Lipinski definition) is 2. The summed E-state index contributed by atoms with van der Waals surface area (Å²) in [7, 11) is 0. The summed E-state index contributed by atoms with van der Waals surface area (Å²) in [5.74, 6) is 0.00222. The number of Topliss-reactive ketones (excluding diaryl/α,β-unsaturated/α-hetero) is 1. The van der Waals surface area contributed by atoms with Crippen LogP contribution in [0.25, 0.3) is 0 Å². The smallest absolute Gasteiger partial charge is 0.298 e. The van der Waals surface area contributed by atoms with Gasteiger partial charge in [0.25, 0.3) is 0 Å². The van der Waals surface area contributed by atoms with Crippen LogP contribution in [0.5, 0.6) is 0 Å². The standard InChI is InChI=1S/C11H16F3NO/c12-11(13,14)7-15(8-5-6-8)9-3-1-2-4-10(9)16/h8-9H,1-7H2. The molecule has 0 heterocycles. The molecule has 0 aromatic heterocycles. The maximum absolute atomic E-state index is 12.4. The SMILES string of the molecule is O=C1CCCCC1N(CC(F)(F)F)C1CC1. The summed E-state index contributed by atoms with van der Waals surface area (Å²) in [5.41, 5.74) is 0. The van der Waals surface area contributed by atoms with E-state index < -0.39 is 18.8 Å². The van der Waals surface area contributed by atoms with Crippen LogP contribution in [-0.4, -0.2) is 35.5 Å². The molecule has 0 aromatic carbocycles. The summed E-state index contributed by atoms with van der Waals surface area (Å²) in [4.78, 5) is 13.0. The van der Waals surface area contributed by atoms with E-state index in [1.54, 1.807) is 0 Å². The Labute approximate surface area is 92.8 Å². The van der Waals surface area contributed by atoms with Gasteiger partial charge in [0, 0.05) is 12.5 Å². The average molecular weight is 235 g/mol. The number of alkyl halides is 3. The molecule has 0 saturated heterocycles. The lowest BCUT2D eigenvalue weighted by Crippen LogP contribution is -2.48. The molecule has 16 heavy (non-hydrogen) atoms. The van der Waals surface area contributed by atoms with Gasteiger partial charge in [0.05, 0.1) is 12.6 Å². The Bertz CT molecular complexity index is 273. The van der Waals surface area contributed by atoms with Gasteiger partial charge in [-0.3, -0.25) is 9.69 Å². The number of halogens is 3. The van der Waals surface area contributed by atoms with Crippen molar-refractivity contribution in [3.8, 4) is 0 Å². The first-order valence-electron chi connectivity index (χ1n) is 5.82. The van der Waals surface area contributed by atoms with Crippen molar-refractivity contribution in [3.63, 3.8) is 0 Å². The number of nitrogens with zero attached hydrogens (tertiary/aromatic N) is 1. The van der Waals surface area contributed by atoms with E-state index in [2.05, 4.69) is 0 Å². The van der Waals surface area contributed by atoms with Gasteiger partial charge in [0.15, 0.2) is 0 Å². The first-order valence-corrected chi connectivity index (χ1v) is 5.82. The minimum Gasteiger partial charge on any atom is -0.298 e. The Hall–Kier alpha value is -0.580. The number of carbonyl (C=O) groups excluding carboxylic acids is 1. The third-order valence-electron chi connectivity index (χ3n) is 3.30. The minimum atomic E-state index is -4.19. The molecule has 1 atom stereocenters. The van der Waals surface area contributed by atoms with Crippen molar-refractivity contribution >= 4 is 5.78 Å². The minimum absolute atomic E-state index is 0.00222. The van der Waals surface area contributed by atoms with Crippen LogP contribution in [0.4, 0.5) is 13.2 Å². The molecule has 0 bridgehead atoms. The fourth-order valence-corrected chi connectivity index (χ4v) is 2.42. The Balaban J connectivity index is 2.03. The van der Waals surface area contributed by atoms with Crippen molar-refractivity contribution in [3.05, 3.63) is 0 Å². The van der Waals surface area contributed by atoms with Gasteiger partial charge in [-0.1, -0.05) is 6.42 Å². The third-order valence-corrected chi connectivity index (χ3v) is 3.30. The van der Waals surface area contributed by atoms with Crippen molar-refractivity contribution in [2.75, 3.05) is 6.54 Å². The lowest BCUT2D eigenvalue weighted by Gasteiger charge is -2.33. The van der Waals surface area contributed by atoms with Gasteiger partial charge in [0.2, 0.25) is 0 Å². The number of ketones is 1. The third kappa shape index (κ3) is 2.97. The second-order valence-electron chi connectivity index (χ2n) is 4.75. The van der Waals surface area contributed by atoms with E-state index >= 15 is 0 Å². The zero-order chi connectivity index (χ0) is 11.8. The van der Waals surface area contributed by atoms with Crippen LogP contribution in [0, 0.1) is 0 Å². The molecule has 0 spiro atoms. The van der Waals surface area contributed by atoms with Crippen LogP contribution < -0.4 is 0 Å². The summed E-state index contributed by atoms with van der Waals surface area (Å²) in [6.45, 7) is -0.923. The fraction of sp³-hybridized carbons (Fsp3) is 0.909. The maximum atomic E-state index is 12.4. The summed E-state index contributed by atoms with van der Waals surface area (Å²) in [5, 5.41) is 0. The zero-order valence-corrected chi connectivity index (χ0v) is 9.09. The van der Waals surface area contributed by atoms with E-state index in [4.69, 9.17) is 0 Å². The Morgan fingerprint density at radius 3 is 2.38 bits per heavy atom. The molecule has 0 radical (unpaired) electrons. The molecule has 2 aliphatic carbocycles. The molecule has 2 nitrogen and oxygen atoms in total. The second kappa shape index (κ2) is 4.35. The largest absolute Gasteiger partial charge is 0.401 e. The lowest BCUT2D eigenvalue weighted by molar-refractivity contribution is -0.157. The van der Waals surface area contributed by atoms with Gasteiger partial charge in [-0.05, 0) is 25.7 Å². The van der Waals surface area contributed by atoms with Crippen LogP contribution >= 0.6 is 0 Å². The molecule has 92 valence electrons. The second-order valence-corrected chi connectivity index (χ2v) is 4.75. The molecule has 2 rings (SSSR count). The van der Waals surface area contributed by atoms with E-state index in [0.29, 0.717) is 12.8 Å². The van der Waals surface area contributed by atoms with Crippen LogP contribution in [0.1, 0.15) is 38.5 Å². The van der Waals surface area contributed by atoms with E-state index in [9.17, 15) is 18.0 Å². The van der Waals surface area contributed by atoms with Crippen LogP contribution in [-0.2, 0) is 4.79 Å². The van der Waals surface area contributed by atoms with E-state index in [0.717, 1.165) is 25.7 Å². The summed E-state index contributed by atoms with van der Waals surface area (Å²) >= 11 is 0. The average Bonchev–Trinajstić information content (AvgIpc) is 2.97. The quantitative estimate of drug-likeness (QED) is 0.749. The molecular weight excluding hydrogens is 219 g/mol. The van der Waals surface area contributed by atoms with Gasteiger partial charge in [-0.15, -0.1) is 0 Å². The van der Waals surface area contributed by atoms with E-state index in [1.807, 2.05) is 0 Å². The molecule has 0 aromatic rings. The Kier molecular flexibility index (Phi) is 3.24. The predicted octanol–water partition coefficient (Wildman–Crippen LogP) is 2.52. The van der Waals surface area contributed by atoms with Gasteiger partial charge in [-0.25, -0.2) is 0 Å². The number of carbonyl (C=O) groups is 1. The van der Waals surface area contributed by atoms with Crippen LogP contribution in [0.15, 0.2) is 0 Å². The normalized spacial score (nSPS) is 27.5. The fourth-order valence-electron chi connectivity index (χ4n) is 2.42. The van der Waals surface area contributed by atoms with Gasteiger partial charge < -0.3 is 0 Å². The molecule has 1 unspecified atom stereocenters. The van der Waals surface area contributed by atoms with Crippen molar-refractivity contribution in [2.45, 2.75) is 56.8 Å². The molecule has 2 fully saturated rings. The van der Waals surface area contributed by atoms with Crippen LogP contribution in [0.3, 0.4) is 0 Å². The maximum Gasteiger partial charge on any atom is 0.401 e. The lowest BCUT2D eigenvalue weighted by atomic mass is 9.92. The van der Waals surface area contributed by atoms with Gasteiger partial charge in [-0.2, -0.15) is 13.2 Å². The summed E-state index contributed by atoms with van der Waals surface area (Å²) in [6.07, 6.45) is 0.175. The highest BCUT2D eigenvalue weighted by atomic mass is 19.4. The molecule has 5 heteroatoms. The van der Waals surface area contributed by atoms with E-state index in [-0.39, 0.29) is 11.8 Å². The number of rotatable bonds is 3. The van der Waals surface area contributed by atoms with Gasteiger partial charge >= 0.3 is 6.18 Å². The molecule has 0 N–H and O–H groups in total. The molecule has 0 amide bonds. The highest BCUT2D eigenvalue weighted by Crippen LogP contribution is 2.34. The molecule has 2 saturated carbocycles. The van der Waals surface area contributed by atoms with Crippen molar-refractivity contribution in [2.24, 2.45) is 0 Å². The van der Waals surface area contributed by atoms with Crippen molar-refractivity contribution in [1.29, 1.82) is 0 Å². The Morgan fingerprint density at radius 2 is 1.88 bits per heavy atom.